The highest BCUT2D eigenvalue weighted by atomic mass is 16.5. The van der Waals surface area contributed by atoms with Crippen LogP contribution in [-0.4, -0.2) is 50.6 Å². The van der Waals surface area contributed by atoms with E-state index in [0.29, 0.717) is 25.4 Å². The highest BCUT2D eigenvalue weighted by molar-refractivity contribution is 5.81. The number of ether oxygens (including phenoxy) is 4. The van der Waals surface area contributed by atoms with Crippen molar-refractivity contribution in [1.82, 2.24) is 0 Å². The first-order valence-corrected chi connectivity index (χ1v) is 19.7. The second kappa shape index (κ2) is 22.5. The zero-order valence-electron chi connectivity index (χ0n) is 29.9. The normalized spacial score (nSPS) is 31.4. The third-order valence-corrected chi connectivity index (χ3v) is 11.7. The Hall–Kier alpha value is -2.18. The molecule has 6 nitrogen and oxygen atoms in total. The van der Waals surface area contributed by atoms with E-state index in [1.807, 2.05) is 0 Å². The van der Waals surface area contributed by atoms with E-state index in [4.69, 9.17) is 18.9 Å². The van der Waals surface area contributed by atoms with Gasteiger partial charge in [-0.2, -0.15) is 0 Å². The van der Waals surface area contributed by atoms with Gasteiger partial charge in [-0.3, -0.25) is 0 Å². The van der Waals surface area contributed by atoms with Gasteiger partial charge in [0.15, 0.2) is 0 Å². The summed E-state index contributed by atoms with van der Waals surface area (Å²) in [5.41, 5.74) is 0. The van der Waals surface area contributed by atoms with Crippen molar-refractivity contribution in [2.75, 3.05) is 26.4 Å². The maximum absolute atomic E-state index is 11.1. The molecule has 0 aromatic heterocycles. The van der Waals surface area contributed by atoms with Gasteiger partial charge in [-0.15, -0.1) is 0 Å². The smallest absolute Gasteiger partial charge is 0.330 e. The molecule has 4 rings (SSSR count). The fraction of sp³-hybridized carbons (Fsp3) is 0.762. The van der Waals surface area contributed by atoms with Gasteiger partial charge < -0.3 is 18.9 Å². The molecule has 4 aliphatic rings. The van der Waals surface area contributed by atoms with Crippen LogP contribution in [0.25, 0.3) is 0 Å². The summed E-state index contributed by atoms with van der Waals surface area (Å²) in [4.78, 5) is 22.2. The highest BCUT2D eigenvalue weighted by Gasteiger charge is 2.30. The highest BCUT2D eigenvalue weighted by Crippen LogP contribution is 2.42. The van der Waals surface area contributed by atoms with E-state index < -0.39 is 0 Å². The van der Waals surface area contributed by atoms with Gasteiger partial charge in [-0.1, -0.05) is 37.5 Å². The lowest BCUT2D eigenvalue weighted by Gasteiger charge is -2.37. The monoisotopic (exact) mass is 666 g/mol. The van der Waals surface area contributed by atoms with E-state index in [1.165, 1.54) is 115 Å². The van der Waals surface area contributed by atoms with Crippen LogP contribution in [0.15, 0.2) is 49.6 Å². The molecule has 0 bridgehead atoms. The van der Waals surface area contributed by atoms with Crippen molar-refractivity contribution in [3.63, 3.8) is 0 Å². The average Bonchev–Trinajstić information content (AvgIpc) is 3.13. The molecule has 0 spiro atoms. The van der Waals surface area contributed by atoms with Gasteiger partial charge in [0.05, 0.1) is 25.4 Å². The standard InChI is InChI=1S/C42H66O6/c1-3-41(43)47-31-7-5-29-45-39-25-17-35(18-26-39)11-9-33-13-21-37(22-14-33)38-23-15-34(16-24-38)10-12-36-19-27-40(28-20-36)46-30-6-8-32-48-42(44)4-2/h3-4,9-12,33-40H,1-2,5-8,13-32H2. The molecule has 0 amide bonds. The van der Waals surface area contributed by atoms with Gasteiger partial charge in [0, 0.05) is 25.4 Å². The van der Waals surface area contributed by atoms with Crippen molar-refractivity contribution in [3.05, 3.63) is 49.6 Å². The maximum atomic E-state index is 11.1. The van der Waals surface area contributed by atoms with Gasteiger partial charge in [0.2, 0.25) is 0 Å². The van der Waals surface area contributed by atoms with Crippen molar-refractivity contribution >= 4 is 11.9 Å². The number of hydrogen-bond acceptors (Lipinski definition) is 6. The first-order valence-electron chi connectivity index (χ1n) is 19.7. The minimum atomic E-state index is -0.342. The van der Waals surface area contributed by atoms with Crippen molar-refractivity contribution < 1.29 is 28.5 Å². The molecule has 0 radical (unpaired) electrons. The summed E-state index contributed by atoms with van der Waals surface area (Å²) < 4.78 is 22.3. The minimum Gasteiger partial charge on any atom is -0.463 e. The second-order valence-electron chi connectivity index (χ2n) is 15.1. The van der Waals surface area contributed by atoms with E-state index in [0.717, 1.165) is 74.4 Å². The van der Waals surface area contributed by atoms with E-state index in [9.17, 15) is 9.59 Å². The van der Waals surface area contributed by atoms with Crippen LogP contribution in [0, 0.1) is 35.5 Å². The Kier molecular flexibility index (Phi) is 18.1. The van der Waals surface area contributed by atoms with Crippen LogP contribution < -0.4 is 0 Å². The quantitative estimate of drug-likeness (QED) is 0.0592. The second-order valence-corrected chi connectivity index (χ2v) is 15.1. The Morgan fingerprint density at radius 2 is 0.729 bits per heavy atom. The predicted molar refractivity (Wildman–Crippen MR) is 193 cm³/mol. The summed E-state index contributed by atoms with van der Waals surface area (Å²) in [5.74, 6) is 4.27. The van der Waals surface area contributed by atoms with Crippen LogP contribution in [0.4, 0.5) is 0 Å². The maximum Gasteiger partial charge on any atom is 0.330 e. The number of hydrogen-bond donors (Lipinski definition) is 0. The fourth-order valence-electron chi connectivity index (χ4n) is 8.51. The molecule has 0 aromatic carbocycles. The molecular weight excluding hydrogens is 600 g/mol. The molecule has 0 unspecified atom stereocenters. The Labute approximate surface area is 292 Å². The molecule has 4 saturated carbocycles. The van der Waals surface area contributed by atoms with Crippen LogP contribution in [0.5, 0.6) is 0 Å². The van der Waals surface area contributed by atoms with E-state index in [-0.39, 0.29) is 11.9 Å². The molecule has 270 valence electrons. The Morgan fingerprint density at radius 3 is 1.04 bits per heavy atom. The number of rotatable bonds is 19. The molecule has 6 heteroatoms. The fourth-order valence-corrected chi connectivity index (χ4v) is 8.51. The van der Waals surface area contributed by atoms with Crippen molar-refractivity contribution in [1.29, 1.82) is 0 Å². The third kappa shape index (κ3) is 14.7. The number of allylic oxidation sites excluding steroid dienone is 4. The lowest BCUT2D eigenvalue weighted by atomic mass is 9.69. The summed E-state index contributed by atoms with van der Waals surface area (Å²) >= 11 is 0. The van der Waals surface area contributed by atoms with Gasteiger partial charge in [0.1, 0.15) is 0 Å². The third-order valence-electron chi connectivity index (χ3n) is 11.7. The van der Waals surface area contributed by atoms with Crippen LogP contribution >= 0.6 is 0 Å². The molecule has 0 saturated heterocycles. The van der Waals surface area contributed by atoms with E-state index >= 15 is 0 Å². The summed E-state index contributed by atoms with van der Waals surface area (Å²) in [6.45, 7) is 9.27. The molecule has 4 aliphatic carbocycles. The van der Waals surface area contributed by atoms with Gasteiger partial charge in [-0.25, -0.2) is 9.59 Å². The van der Waals surface area contributed by atoms with Crippen LogP contribution in [0.3, 0.4) is 0 Å². The number of carbonyl (C=O) groups excluding carboxylic acids is 2. The molecule has 48 heavy (non-hydrogen) atoms. The van der Waals surface area contributed by atoms with Crippen molar-refractivity contribution in [3.8, 4) is 0 Å². The van der Waals surface area contributed by atoms with Gasteiger partial charge in [-0.05, 0) is 164 Å². The lowest BCUT2D eigenvalue weighted by molar-refractivity contribution is -0.138. The topological polar surface area (TPSA) is 71.1 Å². The van der Waals surface area contributed by atoms with E-state index in [1.54, 1.807) is 0 Å². The SMILES string of the molecule is C=CC(=O)OCCCCOC1CCC(C=CC2CCC(C3CCC(C=CC4CCC(OCCCCOC(=O)C=C)CC4)CC3)CC2)CC1. The Bertz CT molecular complexity index is 906. The molecule has 0 N–H and O–H groups in total. The van der Waals surface area contributed by atoms with E-state index in [2.05, 4.69) is 37.5 Å². The number of unbranched alkanes of at least 4 members (excludes halogenated alkanes) is 2. The minimum absolute atomic E-state index is 0.342. The zero-order chi connectivity index (χ0) is 33.8. The number of carbonyl (C=O) groups is 2. The average molecular weight is 667 g/mol. The van der Waals surface area contributed by atoms with Crippen LogP contribution in [0.2, 0.25) is 0 Å². The van der Waals surface area contributed by atoms with Crippen molar-refractivity contribution in [2.24, 2.45) is 35.5 Å². The molecule has 0 atom stereocenters. The van der Waals surface area contributed by atoms with Crippen molar-refractivity contribution in [2.45, 2.75) is 141 Å². The molecular formula is C42H66O6. The zero-order valence-corrected chi connectivity index (χ0v) is 29.9. The number of esters is 2. The van der Waals surface area contributed by atoms with Gasteiger partial charge in [0.25, 0.3) is 0 Å². The van der Waals surface area contributed by atoms with Gasteiger partial charge >= 0.3 is 11.9 Å². The molecule has 0 heterocycles. The van der Waals surface area contributed by atoms with Crippen LogP contribution in [-0.2, 0) is 28.5 Å². The Balaban J connectivity index is 0.991. The summed E-state index contributed by atoms with van der Waals surface area (Å²) in [6, 6.07) is 0. The molecule has 0 aromatic rings. The summed E-state index contributed by atoms with van der Waals surface area (Å²) in [6.07, 6.45) is 38.0. The summed E-state index contributed by atoms with van der Waals surface area (Å²) in [5, 5.41) is 0. The van der Waals surface area contributed by atoms with Crippen LogP contribution in [0.1, 0.15) is 128 Å². The predicted octanol–water partition coefficient (Wildman–Crippen LogP) is 9.88. The summed E-state index contributed by atoms with van der Waals surface area (Å²) in [7, 11) is 0. The Morgan fingerprint density at radius 1 is 0.438 bits per heavy atom. The molecule has 4 fully saturated rings. The molecule has 0 aliphatic heterocycles. The lowest BCUT2D eigenvalue weighted by Crippen LogP contribution is -2.25. The largest absolute Gasteiger partial charge is 0.463 e. The first kappa shape index (κ1) is 38.6. The first-order chi connectivity index (χ1) is 23.5.